The van der Waals surface area contributed by atoms with Crippen molar-refractivity contribution >= 4 is 12.0 Å². The molecule has 100 valence electrons. The number of carbonyl (C=O) groups is 2. The third kappa shape index (κ3) is 5.09. The molecule has 0 aromatic rings. The minimum absolute atomic E-state index is 0.0952. The normalized spacial score (nSPS) is 22.5. The molecule has 0 bridgehead atoms. The summed E-state index contributed by atoms with van der Waals surface area (Å²) in [6.07, 6.45) is 3.40. The maximum atomic E-state index is 11.5. The van der Waals surface area contributed by atoms with Crippen LogP contribution < -0.4 is 10.6 Å². The molecule has 0 saturated heterocycles. The number of aliphatic carboxylic acids is 1. The van der Waals surface area contributed by atoms with E-state index in [1.165, 1.54) is 0 Å². The van der Waals surface area contributed by atoms with Crippen LogP contribution >= 0.6 is 0 Å². The van der Waals surface area contributed by atoms with Gasteiger partial charge in [-0.1, -0.05) is 0 Å². The Morgan fingerprint density at radius 2 is 1.94 bits per heavy atom. The van der Waals surface area contributed by atoms with Crippen molar-refractivity contribution < 1.29 is 14.7 Å². The van der Waals surface area contributed by atoms with Crippen LogP contribution in [-0.4, -0.2) is 29.7 Å². The molecule has 1 aliphatic carbocycles. The number of nitrogens with one attached hydrogen (secondary N) is 2. The second kappa shape index (κ2) is 7.59. The quantitative estimate of drug-likeness (QED) is 0.522. The van der Waals surface area contributed by atoms with E-state index in [9.17, 15) is 9.59 Å². The van der Waals surface area contributed by atoms with Crippen molar-refractivity contribution in [1.29, 1.82) is 0 Å². The van der Waals surface area contributed by atoms with E-state index in [4.69, 9.17) is 5.11 Å². The summed E-state index contributed by atoms with van der Waals surface area (Å²) in [5.41, 5.74) is 0. The number of carboxylic acids is 1. The molecular formula is C13H20N2O3. The van der Waals surface area contributed by atoms with Gasteiger partial charge in [0.2, 0.25) is 0 Å². The third-order valence-electron chi connectivity index (χ3n) is 3.12. The lowest BCUT2D eigenvalue weighted by Crippen LogP contribution is -2.44. The number of carbonyl (C=O) groups excluding carboxylic acids is 1. The van der Waals surface area contributed by atoms with E-state index in [-0.39, 0.29) is 18.0 Å². The van der Waals surface area contributed by atoms with Gasteiger partial charge in [0.05, 0.1) is 5.92 Å². The summed E-state index contributed by atoms with van der Waals surface area (Å²) in [5, 5.41) is 14.5. The monoisotopic (exact) mass is 252 g/mol. The molecule has 1 fully saturated rings. The molecule has 0 heterocycles. The number of urea groups is 1. The van der Waals surface area contributed by atoms with Crippen molar-refractivity contribution in [3.63, 3.8) is 0 Å². The second-order valence-corrected chi connectivity index (χ2v) is 4.46. The zero-order valence-corrected chi connectivity index (χ0v) is 10.7. The van der Waals surface area contributed by atoms with Gasteiger partial charge in [0, 0.05) is 19.0 Å². The van der Waals surface area contributed by atoms with Gasteiger partial charge in [-0.25, -0.2) is 4.79 Å². The largest absolute Gasteiger partial charge is 0.481 e. The summed E-state index contributed by atoms with van der Waals surface area (Å²) in [6, 6.07) is -0.0930. The predicted octanol–water partition coefficient (Wildman–Crippen LogP) is 1.34. The van der Waals surface area contributed by atoms with E-state index >= 15 is 0 Å². The van der Waals surface area contributed by atoms with E-state index in [1.807, 2.05) is 0 Å². The fourth-order valence-electron chi connectivity index (χ4n) is 2.08. The van der Waals surface area contributed by atoms with Gasteiger partial charge in [-0.05, 0) is 32.6 Å². The van der Waals surface area contributed by atoms with Crippen LogP contribution in [-0.2, 0) is 4.79 Å². The van der Waals surface area contributed by atoms with Crippen molar-refractivity contribution in [2.75, 3.05) is 6.54 Å². The minimum Gasteiger partial charge on any atom is -0.481 e. The van der Waals surface area contributed by atoms with Crippen LogP contribution in [0.4, 0.5) is 4.79 Å². The molecule has 0 aliphatic heterocycles. The van der Waals surface area contributed by atoms with Crippen LogP contribution in [0.25, 0.3) is 0 Å². The highest BCUT2D eigenvalue weighted by atomic mass is 16.4. The molecule has 1 aliphatic rings. The molecule has 1 rings (SSSR count). The van der Waals surface area contributed by atoms with E-state index in [2.05, 4.69) is 22.5 Å². The van der Waals surface area contributed by atoms with Gasteiger partial charge in [0.15, 0.2) is 0 Å². The molecule has 0 unspecified atom stereocenters. The number of rotatable bonds is 4. The zero-order valence-electron chi connectivity index (χ0n) is 10.7. The van der Waals surface area contributed by atoms with Crippen molar-refractivity contribution in [2.24, 2.45) is 5.92 Å². The summed E-state index contributed by atoms with van der Waals surface area (Å²) in [6.45, 7) is 2.30. The van der Waals surface area contributed by atoms with Crippen LogP contribution in [0.5, 0.6) is 0 Å². The first-order valence-corrected chi connectivity index (χ1v) is 6.30. The Hall–Kier alpha value is -1.70. The van der Waals surface area contributed by atoms with Crippen LogP contribution in [0.1, 0.15) is 39.0 Å². The summed E-state index contributed by atoms with van der Waals surface area (Å²) in [4.78, 5) is 22.3. The van der Waals surface area contributed by atoms with Crippen LogP contribution in [0.3, 0.4) is 0 Å². The molecule has 0 aromatic heterocycles. The molecule has 2 amide bonds. The average molecular weight is 252 g/mol. The summed E-state index contributed by atoms with van der Waals surface area (Å²) >= 11 is 0. The molecule has 5 nitrogen and oxygen atoms in total. The standard InChI is InChI=1S/C13H20N2O3/c1-2-3-4-9-14-13(18)15-11-7-5-10(6-8-11)12(16)17/h10-11H,4-9H2,1H3,(H,16,17)(H2,14,15,18). The number of amides is 2. The first-order chi connectivity index (χ1) is 8.63. The van der Waals surface area contributed by atoms with Crippen molar-refractivity contribution in [3.05, 3.63) is 0 Å². The highest BCUT2D eigenvalue weighted by Gasteiger charge is 2.26. The van der Waals surface area contributed by atoms with Crippen LogP contribution in [0.15, 0.2) is 0 Å². The fraction of sp³-hybridized carbons (Fsp3) is 0.692. The Bertz CT molecular complexity index is 349. The number of carboxylic acid groups (broad SMARTS) is 1. The molecule has 0 radical (unpaired) electrons. The van der Waals surface area contributed by atoms with E-state index < -0.39 is 5.97 Å². The van der Waals surface area contributed by atoms with Gasteiger partial charge < -0.3 is 15.7 Å². The lowest BCUT2D eigenvalue weighted by Gasteiger charge is -2.26. The van der Waals surface area contributed by atoms with E-state index in [0.29, 0.717) is 25.8 Å². The van der Waals surface area contributed by atoms with Gasteiger partial charge in [-0.3, -0.25) is 4.79 Å². The smallest absolute Gasteiger partial charge is 0.315 e. The van der Waals surface area contributed by atoms with E-state index in [1.54, 1.807) is 6.92 Å². The van der Waals surface area contributed by atoms with Gasteiger partial charge in [0.1, 0.15) is 0 Å². The molecular weight excluding hydrogens is 232 g/mol. The topological polar surface area (TPSA) is 78.4 Å². The second-order valence-electron chi connectivity index (χ2n) is 4.46. The molecule has 0 atom stereocenters. The van der Waals surface area contributed by atoms with E-state index in [0.717, 1.165) is 12.8 Å². The van der Waals surface area contributed by atoms with Crippen molar-refractivity contribution in [2.45, 2.75) is 45.1 Å². The van der Waals surface area contributed by atoms with Crippen molar-refractivity contribution in [1.82, 2.24) is 10.6 Å². The SMILES string of the molecule is CC#CCCNC(=O)NC1CCC(C(=O)O)CC1. The lowest BCUT2D eigenvalue weighted by atomic mass is 9.86. The third-order valence-corrected chi connectivity index (χ3v) is 3.12. The maximum Gasteiger partial charge on any atom is 0.315 e. The molecule has 0 spiro atoms. The van der Waals surface area contributed by atoms with Crippen molar-refractivity contribution in [3.8, 4) is 11.8 Å². The minimum atomic E-state index is -0.726. The summed E-state index contributed by atoms with van der Waals surface area (Å²) < 4.78 is 0. The molecule has 0 aromatic carbocycles. The Morgan fingerprint density at radius 1 is 1.28 bits per heavy atom. The molecule has 3 N–H and O–H groups in total. The van der Waals surface area contributed by atoms with Gasteiger partial charge in [0.25, 0.3) is 0 Å². The van der Waals surface area contributed by atoms with Crippen LogP contribution in [0.2, 0.25) is 0 Å². The highest BCUT2D eigenvalue weighted by Crippen LogP contribution is 2.24. The summed E-state index contributed by atoms with van der Waals surface area (Å²) in [7, 11) is 0. The number of hydrogen-bond acceptors (Lipinski definition) is 2. The van der Waals surface area contributed by atoms with Crippen LogP contribution in [0, 0.1) is 17.8 Å². The molecule has 18 heavy (non-hydrogen) atoms. The Kier molecular flexibility index (Phi) is 6.06. The highest BCUT2D eigenvalue weighted by molar-refractivity contribution is 5.74. The predicted molar refractivity (Wildman–Crippen MR) is 68.0 cm³/mol. The Morgan fingerprint density at radius 3 is 2.50 bits per heavy atom. The van der Waals surface area contributed by atoms with Gasteiger partial charge in [-0.15, -0.1) is 11.8 Å². The lowest BCUT2D eigenvalue weighted by molar-refractivity contribution is -0.142. The zero-order chi connectivity index (χ0) is 13.4. The number of hydrogen-bond donors (Lipinski definition) is 3. The molecule has 1 saturated carbocycles. The average Bonchev–Trinajstić information content (AvgIpc) is 2.35. The summed E-state index contributed by atoms with van der Waals surface area (Å²) in [5.74, 6) is 4.66. The Balaban J connectivity index is 2.17. The Labute approximate surface area is 107 Å². The first kappa shape index (κ1) is 14.4. The first-order valence-electron chi connectivity index (χ1n) is 6.30. The maximum absolute atomic E-state index is 11.5. The van der Waals surface area contributed by atoms with Gasteiger partial charge in [-0.2, -0.15) is 0 Å². The fourth-order valence-corrected chi connectivity index (χ4v) is 2.08. The van der Waals surface area contributed by atoms with Gasteiger partial charge >= 0.3 is 12.0 Å². The molecule has 5 heteroatoms.